The summed E-state index contributed by atoms with van der Waals surface area (Å²) in [5, 5.41) is 11.6. The van der Waals surface area contributed by atoms with Gasteiger partial charge in [0.1, 0.15) is 11.6 Å². The van der Waals surface area contributed by atoms with Gasteiger partial charge in [-0.1, -0.05) is 29.3 Å². The highest BCUT2D eigenvalue weighted by Crippen LogP contribution is 2.39. The first-order valence-electron chi connectivity index (χ1n) is 11.8. The first-order chi connectivity index (χ1) is 16.4. The van der Waals surface area contributed by atoms with Crippen LogP contribution in [0.25, 0.3) is 0 Å². The minimum atomic E-state index is 0.0762. The fourth-order valence-electron chi connectivity index (χ4n) is 4.47. The number of carbonyl (C=O) groups excluding carboxylic acids is 1. The van der Waals surface area contributed by atoms with Crippen LogP contribution in [0.3, 0.4) is 0 Å². The standard InChI is InChI=1S/C25H28Cl2N6O/c1-15-11-23(32-31-15)29-22-13-18(28-25(30-22)17-5-6-17)12-16-7-9-33(10-8-16)24(34)14-19-20(26)3-2-4-21(19)27/h2-4,11,13,16-17H,5-10,12,14H2,1H3,(H2,28,29,30,31,32). The summed E-state index contributed by atoms with van der Waals surface area (Å²) in [6.45, 7) is 3.45. The van der Waals surface area contributed by atoms with E-state index in [-0.39, 0.29) is 12.3 Å². The minimum absolute atomic E-state index is 0.0762. The molecule has 1 aliphatic carbocycles. The third kappa shape index (κ3) is 5.53. The zero-order valence-electron chi connectivity index (χ0n) is 19.2. The summed E-state index contributed by atoms with van der Waals surface area (Å²) in [7, 11) is 0. The van der Waals surface area contributed by atoms with E-state index < -0.39 is 0 Å². The van der Waals surface area contributed by atoms with Gasteiger partial charge in [-0.2, -0.15) is 5.10 Å². The van der Waals surface area contributed by atoms with Gasteiger partial charge in [-0.3, -0.25) is 9.89 Å². The third-order valence-corrected chi connectivity index (χ3v) is 7.26. The summed E-state index contributed by atoms with van der Waals surface area (Å²) >= 11 is 12.5. The molecule has 5 rings (SSSR count). The van der Waals surface area contributed by atoms with Crippen molar-refractivity contribution < 1.29 is 4.79 Å². The fraction of sp³-hybridized carbons (Fsp3) is 0.440. The Morgan fingerprint density at radius 1 is 1.09 bits per heavy atom. The van der Waals surface area contributed by atoms with Crippen molar-refractivity contribution in [2.24, 2.45) is 5.92 Å². The Balaban J connectivity index is 1.21. The van der Waals surface area contributed by atoms with E-state index >= 15 is 0 Å². The van der Waals surface area contributed by atoms with Gasteiger partial charge in [0.15, 0.2) is 5.82 Å². The topological polar surface area (TPSA) is 86.8 Å². The van der Waals surface area contributed by atoms with E-state index in [1.807, 2.05) is 24.0 Å². The van der Waals surface area contributed by atoms with Crippen molar-refractivity contribution in [3.63, 3.8) is 0 Å². The lowest BCUT2D eigenvalue weighted by Gasteiger charge is -2.32. The molecule has 1 aromatic carbocycles. The Kier molecular flexibility index (Phi) is 6.75. The molecule has 2 aliphatic rings. The van der Waals surface area contributed by atoms with Gasteiger partial charge in [0, 0.05) is 52.6 Å². The summed E-state index contributed by atoms with van der Waals surface area (Å²) in [6, 6.07) is 9.34. The molecule has 2 aromatic heterocycles. The number of nitrogens with one attached hydrogen (secondary N) is 2. The molecule has 0 bridgehead atoms. The average Bonchev–Trinajstić information content (AvgIpc) is 3.59. The number of aryl methyl sites for hydroxylation is 1. The van der Waals surface area contributed by atoms with Crippen molar-refractivity contribution >= 4 is 40.7 Å². The highest BCUT2D eigenvalue weighted by molar-refractivity contribution is 6.36. The molecular formula is C25H28Cl2N6O. The summed E-state index contributed by atoms with van der Waals surface area (Å²) in [5.41, 5.74) is 2.76. The molecule has 0 spiro atoms. The second-order valence-electron chi connectivity index (χ2n) is 9.34. The van der Waals surface area contributed by atoms with Crippen LogP contribution in [-0.2, 0) is 17.6 Å². The van der Waals surface area contributed by atoms with Gasteiger partial charge in [-0.15, -0.1) is 0 Å². The monoisotopic (exact) mass is 498 g/mol. The molecule has 1 amide bonds. The van der Waals surface area contributed by atoms with Gasteiger partial charge in [0.25, 0.3) is 0 Å². The van der Waals surface area contributed by atoms with Crippen LogP contribution in [0.5, 0.6) is 0 Å². The van der Waals surface area contributed by atoms with Crippen molar-refractivity contribution in [2.75, 3.05) is 18.4 Å². The number of benzene rings is 1. The Hall–Kier alpha value is -2.64. The number of H-pyrrole nitrogens is 1. The van der Waals surface area contributed by atoms with Crippen LogP contribution in [0.2, 0.25) is 10.0 Å². The van der Waals surface area contributed by atoms with Gasteiger partial charge in [-0.25, -0.2) is 9.97 Å². The number of halogens is 2. The minimum Gasteiger partial charge on any atom is -0.342 e. The number of nitrogens with zero attached hydrogens (tertiary/aromatic N) is 4. The third-order valence-electron chi connectivity index (χ3n) is 6.56. The first kappa shape index (κ1) is 23.1. The Morgan fingerprint density at radius 2 is 1.82 bits per heavy atom. The number of hydrogen-bond donors (Lipinski definition) is 2. The number of carbonyl (C=O) groups is 1. The highest BCUT2D eigenvalue weighted by atomic mass is 35.5. The van der Waals surface area contributed by atoms with Crippen LogP contribution in [0, 0.1) is 12.8 Å². The smallest absolute Gasteiger partial charge is 0.227 e. The van der Waals surface area contributed by atoms with Crippen LogP contribution in [0.4, 0.5) is 11.6 Å². The van der Waals surface area contributed by atoms with Crippen molar-refractivity contribution in [3.05, 3.63) is 63.2 Å². The number of aromatic nitrogens is 4. The largest absolute Gasteiger partial charge is 0.342 e. The molecule has 1 saturated heterocycles. The van der Waals surface area contributed by atoms with Gasteiger partial charge in [0.05, 0.1) is 6.42 Å². The van der Waals surface area contributed by atoms with Crippen LogP contribution in [-0.4, -0.2) is 44.1 Å². The zero-order valence-corrected chi connectivity index (χ0v) is 20.7. The van der Waals surface area contributed by atoms with Crippen molar-refractivity contribution in [2.45, 2.75) is 51.4 Å². The van der Waals surface area contributed by atoms with Gasteiger partial charge in [0.2, 0.25) is 5.91 Å². The van der Waals surface area contributed by atoms with E-state index in [0.717, 1.165) is 74.0 Å². The molecule has 9 heteroatoms. The Labute approximate surface area is 209 Å². The molecule has 0 unspecified atom stereocenters. The van der Waals surface area contributed by atoms with Crippen molar-refractivity contribution in [1.29, 1.82) is 0 Å². The number of hydrogen-bond acceptors (Lipinski definition) is 5. The summed E-state index contributed by atoms with van der Waals surface area (Å²) < 4.78 is 0. The Morgan fingerprint density at radius 3 is 2.47 bits per heavy atom. The van der Waals surface area contributed by atoms with E-state index in [1.165, 1.54) is 0 Å². The van der Waals surface area contributed by atoms with E-state index in [4.69, 9.17) is 33.2 Å². The van der Waals surface area contributed by atoms with Gasteiger partial charge >= 0.3 is 0 Å². The number of amides is 1. The molecule has 3 heterocycles. The zero-order chi connectivity index (χ0) is 23.7. The molecule has 34 heavy (non-hydrogen) atoms. The average molecular weight is 499 g/mol. The normalized spacial score (nSPS) is 16.6. The van der Waals surface area contributed by atoms with Gasteiger partial charge in [-0.05, 0) is 62.6 Å². The molecule has 2 N–H and O–H groups in total. The molecule has 3 aromatic rings. The van der Waals surface area contributed by atoms with Gasteiger partial charge < -0.3 is 10.2 Å². The second-order valence-corrected chi connectivity index (χ2v) is 10.2. The lowest BCUT2D eigenvalue weighted by molar-refractivity contribution is -0.131. The van der Waals surface area contributed by atoms with E-state index in [0.29, 0.717) is 27.4 Å². The fourth-order valence-corrected chi connectivity index (χ4v) is 5.00. The van der Waals surface area contributed by atoms with Crippen LogP contribution < -0.4 is 5.32 Å². The molecular weight excluding hydrogens is 471 g/mol. The number of piperidine rings is 1. The lowest BCUT2D eigenvalue weighted by atomic mass is 9.91. The molecule has 0 atom stereocenters. The maximum atomic E-state index is 12.9. The highest BCUT2D eigenvalue weighted by Gasteiger charge is 2.29. The quantitative estimate of drug-likeness (QED) is 0.451. The number of anilines is 2. The van der Waals surface area contributed by atoms with E-state index in [2.05, 4.69) is 15.5 Å². The van der Waals surface area contributed by atoms with E-state index in [1.54, 1.807) is 18.2 Å². The van der Waals surface area contributed by atoms with E-state index in [9.17, 15) is 4.79 Å². The summed E-state index contributed by atoms with van der Waals surface area (Å²) in [5.74, 6) is 3.51. The summed E-state index contributed by atoms with van der Waals surface area (Å²) in [4.78, 5) is 24.4. The molecule has 7 nitrogen and oxygen atoms in total. The first-order valence-corrected chi connectivity index (χ1v) is 12.6. The molecule has 1 saturated carbocycles. The number of rotatable bonds is 7. The summed E-state index contributed by atoms with van der Waals surface area (Å²) in [6.07, 6.45) is 5.33. The number of likely N-dealkylation sites (tertiary alicyclic amines) is 1. The number of aromatic amines is 1. The molecule has 0 radical (unpaired) electrons. The SMILES string of the molecule is Cc1cc(Nc2cc(CC3CCN(C(=O)Cc4c(Cl)cccc4Cl)CC3)nc(C3CC3)n2)n[nH]1. The van der Waals surface area contributed by atoms with Crippen LogP contribution >= 0.6 is 23.2 Å². The van der Waals surface area contributed by atoms with Crippen LogP contribution in [0.1, 0.15) is 54.4 Å². The maximum absolute atomic E-state index is 12.9. The van der Waals surface area contributed by atoms with Crippen LogP contribution in [0.15, 0.2) is 30.3 Å². The lowest BCUT2D eigenvalue weighted by Crippen LogP contribution is -2.39. The molecule has 178 valence electrons. The van der Waals surface area contributed by atoms with Crippen molar-refractivity contribution in [1.82, 2.24) is 25.1 Å². The predicted octanol–water partition coefficient (Wildman–Crippen LogP) is 5.46. The van der Waals surface area contributed by atoms with Crippen molar-refractivity contribution in [3.8, 4) is 0 Å². The Bertz CT molecular complexity index is 1160. The predicted molar refractivity (Wildman–Crippen MR) is 134 cm³/mol. The maximum Gasteiger partial charge on any atom is 0.227 e. The molecule has 2 fully saturated rings. The second kappa shape index (κ2) is 9.92. The molecule has 1 aliphatic heterocycles.